The monoisotopic (exact) mass is 273 g/mol. The lowest BCUT2D eigenvalue weighted by Crippen LogP contribution is -2.15. The number of nitro groups is 1. The van der Waals surface area contributed by atoms with Gasteiger partial charge in [0.25, 0.3) is 5.69 Å². The van der Waals surface area contributed by atoms with Crippen molar-refractivity contribution in [1.82, 2.24) is 4.98 Å². The Morgan fingerprint density at radius 2 is 1.90 bits per heavy atom. The van der Waals surface area contributed by atoms with E-state index in [-0.39, 0.29) is 16.0 Å². The van der Waals surface area contributed by atoms with Crippen LogP contribution in [-0.4, -0.2) is 17.0 Å². The molecule has 5 heteroatoms. The van der Waals surface area contributed by atoms with Crippen molar-refractivity contribution in [2.75, 3.05) is 12.4 Å². The quantitative estimate of drug-likeness (QED) is 0.667. The topological polar surface area (TPSA) is 68.1 Å². The minimum absolute atomic E-state index is 0.0853. The van der Waals surface area contributed by atoms with Crippen LogP contribution in [0, 0.1) is 17.0 Å². The van der Waals surface area contributed by atoms with Crippen molar-refractivity contribution in [3.8, 4) is 0 Å². The second kappa shape index (κ2) is 4.74. The minimum atomic E-state index is -0.366. The number of aromatic nitrogens is 1. The van der Waals surface area contributed by atoms with Crippen molar-refractivity contribution in [1.29, 1.82) is 0 Å². The van der Waals surface area contributed by atoms with Gasteiger partial charge in [-0.2, -0.15) is 0 Å². The van der Waals surface area contributed by atoms with Crippen LogP contribution in [0.1, 0.15) is 31.9 Å². The van der Waals surface area contributed by atoms with Crippen molar-refractivity contribution >= 4 is 22.4 Å². The van der Waals surface area contributed by atoms with E-state index < -0.39 is 0 Å². The van der Waals surface area contributed by atoms with E-state index in [9.17, 15) is 10.1 Å². The number of fused-ring (bicyclic) bond motifs is 1. The van der Waals surface area contributed by atoms with Crippen molar-refractivity contribution in [2.24, 2.45) is 0 Å². The first-order valence-corrected chi connectivity index (χ1v) is 6.52. The van der Waals surface area contributed by atoms with Gasteiger partial charge in [0.05, 0.1) is 10.4 Å². The molecule has 0 aliphatic carbocycles. The summed E-state index contributed by atoms with van der Waals surface area (Å²) in [6.45, 7) is 8.14. The summed E-state index contributed by atoms with van der Waals surface area (Å²) in [6, 6.07) is 5.14. The molecule has 0 atom stereocenters. The lowest BCUT2D eigenvalue weighted by atomic mass is 9.86. The number of anilines is 1. The average molecular weight is 273 g/mol. The third kappa shape index (κ3) is 2.43. The van der Waals surface area contributed by atoms with Gasteiger partial charge in [0.15, 0.2) is 0 Å². The molecule has 0 aliphatic rings. The predicted molar refractivity (Wildman–Crippen MR) is 81.4 cm³/mol. The Hall–Kier alpha value is -2.17. The number of benzene rings is 1. The smallest absolute Gasteiger partial charge is 0.270 e. The molecule has 0 amide bonds. The number of nitro benzene ring substituents is 1. The first kappa shape index (κ1) is 14.2. The molecule has 1 N–H and O–H groups in total. The molecular weight excluding hydrogens is 254 g/mol. The van der Waals surface area contributed by atoms with E-state index in [2.05, 4.69) is 31.1 Å². The predicted octanol–water partition coefficient (Wildman–Crippen LogP) is 3.79. The highest BCUT2D eigenvalue weighted by molar-refractivity contribution is 5.87. The average Bonchev–Trinajstić information content (AvgIpc) is 2.36. The van der Waals surface area contributed by atoms with E-state index in [1.807, 2.05) is 20.0 Å². The van der Waals surface area contributed by atoms with Gasteiger partial charge in [-0.05, 0) is 24.0 Å². The molecule has 0 saturated heterocycles. The molecule has 20 heavy (non-hydrogen) atoms. The number of non-ortho nitro benzene ring substituents is 1. The Labute approximate surface area is 118 Å². The Kier molecular flexibility index (Phi) is 3.38. The minimum Gasteiger partial charge on any atom is -0.373 e. The summed E-state index contributed by atoms with van der Waals surface area (Å²) in [4.78, 5) is 15.2. The molecule has 0 aliphatic heterocycles. The second-order valence-corrected chi connectivity index (χ2v) is 5.98. The van der Waals surface area contributed by atoms with Gasteiger partial charge in [0, 0.05) is 30.1 Å². The van der Waals surface area contributed by atoms with Crippen LogP contribution in [0.4, 0.5) is 11.5 Å². The van der Waals surface area contributed by atoms with Crippen LogP contribution in [0.25, 0.3) is 10.9 Å². The van der Waals surface area contributed by atoms with Gasteiger partial charge < -0.3 is 5.32 Å². The molecule has 5 nitrogen and oxygen atoms in total. The number of hydrogen-bond acceptors (Lipinski definition) is 4. The van der Waals surface area contributed by atoms with Gasteiger partial charge in [-0.1, -0.05) is 20.8 Å². The number of nitrogens with one attached hydrogen (secondary N) is 1. The lowest BCUT2D eigenvalue weighted by Gasteiger charge is -2.22. The molecule has 0 bridgehead atoms. The first-order valence-electron chi connectivity index (χ1n) is 6.52. The molecule has 0 fully saturated rings. The van der Waals surface area contributed by atoms with Crippen LogP contribution in [0.3, 0.4) is 0 Å². The highest BCUT2D eigenvalue weighted by Crippen LogP contribution is 2.33. The molecule has 0 saturated carbocycles. The van der Waals surface area contributed by atoms with Crippen LogP contribution >= 0.6 is 0 Å². The molecule has 0 radical (unpaired) electrons. The fraction of sp³-hybridized carbons (Fsp3) is 0.400. The van der Waals surface area contributed by atoms with Crippen molar-refractivity contribution < 1.29 is 4.92 Å². The molecule has 1 aromatic heterocycles. The molecule has 1 heterocycles. The van der Waals surface area contributed by atoms with E-state index >= 15 is 0 Å². The zero-order valence-corrected chi connectivity index (χ0v) is 12.4. The third-order valence-electron chi connectivity index (χ3n) is 3.35. The maximum absolute atomic E-state index is 11.0. The Balaban J connectivity index is 2.81. The van der Waals surface area contributed by atoms with Gasteiger partial charge in [0.2, 0.25) is 0 Å². The highest BCUT2D eigenvalue weighted by Gasteiger charge is 2.21. The van der Waals surface area contributed by atoms with Crippen molar-refractivity contribution in [3.05, 3.63) is 39.4 Å². The van der Waals surface area contributed by atoms with Crippen molar-refractivity contribution in [2.45, 2.75) is 33.1 Å². The molecule has 0 spiro atoms. The summed E-state index contributed by atoms with van der Waals surface area (Å²) >= 11 is 0. The zero-order valence-electron chi connectivity index (χ0n) is 12.4. The van der Waals surface area contributed by atoms with Crippen molar-refractivity contribution in [3.63, 3.8) is 0 Å². The molecule has 0 unspecified atom stereocenters. The van der Waals surface area contributed by atoms with Crippen LogP contribution in [0.15, 0.2) is 18.2 Å². The summed E-state index contributed by atoms with van der Waals surface area (Å²) in [6.07, 6.45) is 0. The number of rotatable bonds is 2. The van der Waals surface area contributed by atoms with Gasteiger partial charge in [-0.15, -0.1) is 0 Å². The SMILES string of the molecule is CNc1nc2c(C)cc([N+](=O)[O-])cc2cc1C(C)(C)C. The van der Waals surface area contributed by atoms with Crippen LogP contribution in [-0.2, 0) is 5.41 Å². The summed E-state index contributed by atoms with van der Waals surface area (Å²) < 4.78 is 0. The normalized spacial score (nSPS) is 11.7. The van der Waals surface area contributed by atoms with Gasteiger partial charge in [-0.25, -0.2) is 4.98 Å². The fourth-order valence-electron chi connectivity index (χ4n) is 2.31. The summed E-state index contributed by atoms with van der Waals surface area (Å²) in [5.74, 6) is 0.821. The third-order valence-corrected chi connectivity index (χ3v) is 3.35. The maximum atomic E-state index is 11.0. The summed E-state index contributed by atoms with van der Waals surface area (Å²) in [5.41, 5.74) is 2.68. The largest absolute Gasteiger partial charge is 0.373 e. The molecule has 1 aromatic carbocycles. The molecular formula is C15H19N3O2. The second-order valence-electron chi connectivity index (χ2n) is 5.98. The first-order chi connectivity index (χ1) is 9.24. The number of hydrogen-bond donors (Lipinski definition) is 1. The Morgan fingerprint density at radius 1 is 1.25 bits per heavy atom. The maximum Gasteiger partial charge on any atom is 0.270 e. The van der Waals surface area contributed by atoms with Crippen LogP contribution in [0.2, 0.25) is 0 Å². The van der Waals surface area contributed by atoms with Gasteiger partial charge >= 0.3 is 0 Å². The Morgan fingerprint density at radius 3 is 2.40 bits per heavy atom. The molecule has 2 rings (SSSR count). The van der Waals surface area contributed by atoms with Crippen LogP contribution < -0.4 is 5.32 Å². The fourth-order valence-corrected chi connectivity index (χ4v) is 2.31. The number of pyridine rings is 1. The van der Waals surface area contributed by atoms with E-state index in [0.717, 1.165) is 27.8 Å². The highest BCUT2D eigenvalue weighted by atomic mass is 16.6. The van der Waals surface area contributed by atoms with E-state index in [1.165, 1.54) is 0 Å². The standard InChI is InChI=1S/C15H19N3O2/c1-9-6-11(18(19)20)7-10-8-12(15(2,3)4)14(16-5)17-13(9)10/h6-8H,1-5H3,(H,16,17). The Bertz CT molecular complexity index is 688. The zero-order chi connectivity index (χ0) is 15.1. The lowest BCUT2D eigenvalue weighted by molar-refractivity contribution is -0.384. The summed E-state index contributed by atoms with van der Waals surface area (Å²) in [5, 5.41) is 14.9. The number of nitrogens with zero attached hydrogens (tertiary/aromatic N) is 2. The van der Waals surface area contributed by atoms with E-state index in [1.54, 1.807) is 12.1 Å². The number of aryl methyl sites for hydroxylation is 1. The van der Waals surface area contributed by atoms with Crippen LogP contribution in [0.5, 0.6) is 0 Å². The van der Waals surface area contributed by atoms with E-state index in [4.69, 9.17) is 0 Å². The molecule has 106 valence electrons. The summed E-state index contributed by atoms with van der Waals surface area (Å²) in [7, 11) is 1.84. The van der Waals surface area contributed by atoms with Gasteiger partial charge in [-0.3, -0.25) is 10.1 Å². The van der Waals surface area contributed by atoms with Gasteiger partial charge in [0.1, 0.15) is 5.82 Å². The van der Waals surface area contributed by atoms with E-state index in [0.29, 0.717) is 0 Å². The molecule has 2 aromatic rings.